The van der Waals surface area contributed by atoms with Crippen LogP contribution in [0.4, 0.5) is 0 Å². The van der Waals surface area contributed by atoms with E-state index in [1.54, 1.807) is 6.92 Å². The van der Waals surface area contributed by atoms with Crippen LogP contribution in [-0.4, -0.2) is 56.6 Å². The van der Waals surface area contributed by atoms with E-state index in [1.807, 2.05) is 19.0 Å². The molecule has 0 saturated heterocycles. The van der Waals surface area contributed by atoms with Gasteiger partial charge >= 0.3 is 5.97 Å². The van der Waals surface area contributed by atoms with Crippen LogP contribution in [-0.2, 0) is 14.3 Å². The van der Waals surface area contributed by atoms with E-state index in [-0.39, 0.29) is 6.61 Å². The smallest absolute Gasteiger partial charge is 0.332 e. The molecule has 94 valence electrons. The summed E-state index contributed by atoms with van der Waals surface area (Å²) < 4.78 is 4.64. The average Bonchev–Trinajstić information content (AvgIpc) is 2.23. The first-order chi connectivity index (χ1) is 7.49. The molecule has 0 aromatic rings. The largest absolute Gasteiger partial charge is 0.464 e. The Bertz CT molecular complexity index is 231. The van der Waals surface area contributed by atoms with Crippen molar-refractivity contribution in [3.63, 3.8) is 0 Å². The Morgan fingerprint density at radius 3 is 2.56 bits per heavy atom. The summed E-state index contributed by atoms with van der Waals surface area (Å²) in [6.07, 6.45) is 0.814. The molecule has 16 heavy (non-hydrogen) atoms. The molecule has 0 aliphatic carbocycles. The topological polar surface area (TPSA) is 84.7 Å². The van der Waals surface area contributed by atoms with E-state index in [4.69, 9.17) is 5.73 Å². The zero-order valence-electron chi connectivity index (χ0n) is 10.2. The van der Waals surface area contributed by atoms with Crippen LogP contribution < -0.4 is 11.1 Å². The minimum absolute atomic E-state index is 0.223. The highest BCUT2D eigenvalue weighted by atomic mass is 16.5. The molecule has 3 N–H and O–H groups in total. The lowest BCUT2D eigenvalue weighted by atomic mass is 10.3. The molecule has 0 aliphatic heterocycles. The zero-order chi connectivity index (χ0) is 12.6. The lowest BCUT2D eigenvalue weighted by molar-refractivity contribution is -0.147. The van der Waals surface area contributed by atoms with Crippen LogP contribution in [0.2, 0.25) is 0 Å². The van der Waals surface area contributed by atoms with Gasteiger partial charge in [-0.1, -0.05) is 0 Å². The van der Waals surface area contributed by atoms with Gasteiger partial charge in [-0.2, -0.15) is 0 Å². The minimum Gasteiger partial charge on any atom is -0.464 e. The van der Waals surface area contributed by atoms with Gasteiger partial charge in [-0.25, -0.2) is 4.79 Å². The van der Waals surface area contributed by atoms with E-state index in [2.05, 4.69) is 10.1 Å². The first kappa shape index (κ1) is 14.9. The van der Waals surface area contributed by atoms with Gasteiger partial charge in [0.25, 0.3) is 0 Å². The van der Waals surface area contributed by atoms with Gasteiger partial charge in [0.05, 0.1) is 6.61 Å². The Kier molecular flexibility index (Phi) is 7.49. The quantitative estimate of drug-likeness (QED) is 0.331. The van der Waals surface area contributed by atoms with Gasteiger partial charge in [0.15, 0.2) is 6.04 Å². The van der Waals surface area contributed by atoms with Gasteiger partial charge in [-0.3, -0.25) is 4.79 Å². The summed E-state index contributed by atoms with van der Waals surface area (Å²) in [6, 6.07) is -1.22. The molecule has 0 heterocycles. The Labute approximate surface area is 96.1 Å². The molecule has 0 fully saturated rings. The van der Waals surface area contributed by atoms with Crippen LogP contribution in [0.15, 0.2) is 0 Å². The Hall–Kier alpha value is -1.14. The van der Waals surface area contributed by atoms with E-state index in [0.29, 0.717) is 6.54 Å². The van der Waals surface area contributed by atoms with Crippen molar-refractivity contribution < 1.29 is 14.3 Å². The van der Waals surface area contributed by atoms with Crippen molar-refractivity contribution in [2.75, 3.05) is 33.8 Å². The fourth-order valence-electron chi connectivity index (χ4n) is 1.06. The summed E-state index contributed by atoms with van der Waals surface area (Å²) in [5.41, 5.74) is 5.39. The number of rotatable bonds is 7. The Balaban J connectivity index is 3.75. The van der Waals surface area contributed by atoms with E-state index in [9.17, 15) is 9.59 Å². The third-order valence-corrected chi connectivity index (χ3v) is 1.90. The number of carbonyl (C=O) groups is 2. The van der Waals surface area contributed by atoms with Gasteiger partial charge in [0.1, 0.15) is 0 Å². The number of nitrogens with two attached hydrogens (primary N) is 1. The highest BCUT2D eigenvalue weighted by molar-refractivity contribution is 6.01. The van der Waals surface area contributed by atoms with E-state index in [1.165, 1.54) is 0 Å². The van der Waals surface area contributed by atoms with Gasteiger partial charge in [-0.15, -0.1) is 0 Å². The van der Waals surface area contributed by atoms with Crippen molar-refractivity contribution >= 4 is 11.9 Å². The van der Waals surface area contributed by atoms with Crippen LogP contribution in [0.3, 0.4) is 0 Å². The number of nitrogens with one attached hydrogen (secondary N) is 1. The molecule has 0 bridgehead atoms. The van der Waals surface area contributed by atoms with Crippen LogP contribution in [0.25, 0.3) is 0 Å². The standard InChI is InChI=1S/C10H21N3O3/c1-4-16-10(15)8(11)9(14)12-6-5-7-13(2)3/h8H,4-7,11H2,1-3H3,(H,12,14). The molecule has 1 atom stereocenters. The summed E-state index contributed by atoms with van der Waals surface area (Å²) in [4.78, 5) is 24.5. The van der Waals surface area contributed by atoms with Gasteiger partial charge in [0.2, 0.25) is 5.91 Å². The van der Waals surface area contributed by atoms with Crippen LogP contribution in [0, 0.1) is 0 Å². The highest BCUT2D eigenvalue weighted by Gasteiger charge is 2.22. The van der Waals surface area contributed by atoms with E-state index >= 15 is 0 Å². The van der Waals surface area contributed by atoms with Gasteiger partial charge in [0, 0.05) is 6.54 Å². The molecule has 0 radical (unpaired) electrons. The normalized spacial score (nSPS) is 12.3. The molecule has 1 unspecified atom stereocenters. The van der Waals surface area contributed by atoms with Crippen molar-refractivity contribution in [1.29, 1.82) is 0 Å². The van der Waals surface area contributed by atoms with Crippen molar-refractivity contribution in [2.24, 2.45) is 5.73 Å². The number of esters is 1. The molecular weight excluding hydrogens is 210 g/mol. The summed E-state index contributed by atoms with van der Waals surface area (Å²) in [5, 5.41) is 2.59. The highest BCUT2D eigenvalue weighted by Crippen LogP contribution is 1.87. The molecule has 6 heteroatoms. The summed E-state index contributed by atoms with van der Waals surface area (Å²) in [6.45, 7) is 3.26. The molecule has 0 aromatic carbocycles. The summed E-state index contributed by atoms with van der Waals surface area (Å²) >= 11 is 0. The Morgan fingerprint density at radius 1 is 1.44 bits per heavy atom. The fraction of sp³-hybridized carbons (Fsp3) is 0.800. The zero-order valence-corrected chi connectivity index (χ0v) is 10.2. The van der Waals surface area contributed by atoms with Crippen LogP contribution >= 0.6 is 0 Å². The number of hydrogen-bond acceptors (Lipinski definition) is 5. The third kappa shape index (κ3) is 6.36. The number of amides is 1. The molecule has 0 spiro atoms. The number of nitrogens with zero attached hydrogens (tertiary/aromatic N) is 1. The first-order valence-electron chi connectivity index (χ1n) is 5.33. The van der Waals surface area contributed by atoms with Gasteiger partial charge < -0.3 is 20.7 Å². The SMILES string of the molecule is CCOC(=O)C(N)C(=O)NCCCN(C)C. The molecule has 0 saturated carbocycles. The van der Waals surface area contributed by atoms with E-state index in [0.717, 1.165) is 13.0 Å². The van der Waals surface area contributed by atoms with Crippen molar-refractivity contribution in [3.05, 3.63) is 0 Å². The monoisotopic (exact) mass is 231 g/mol. The Morgan fingerprint density at radius 2 is 2.06 bits per heavy atom. The second kappa shape index (κ2) is 8.06. The molecule has 1 amide bonds. The number of hydrogen-bond donors (Lipinski definition) is 2. The molecule has 0 aliphatic rings. The molecular formula is C10H21N3O3. The lowest BCUT2D eigenvalue weighted by Crippen LogP contribution is -2.47. The predicted molar refractivity (Wildman–Crippen MR) is 60.8 cm³/mol. The third-order valence-electron chi connectivity index (χ3n) is 1.90. The first-order valence-corrected chi connectivity index (χ1v) is 5.33. The fourth-order valence-corrected chi connectivity index (χ4v) is 1.06. The number of ether oxygens (including phenoxy) is 1. The molecule has 6 nitrogen and oxygen atoms in total. The van der Waals surface area contributed by atoms with Crippen molar-refractivity contribution in [2.45, 2.75) is 19.4 Å². The minimum atomic E-state index is -1.22. The maximum absolute atomic E-state index is 11.4. The summed E-state index contributed by atoms with van der Waals surface area (Å²) in [7, 11) is 3.90. The maximum atomic E-state index is 11.4. The predicted octanol–water partition coefficient (Wildman–Crippen LogP) is -1.06. The molecule has 0 aromatic heterocycles. The van der Waals surface area contributed by atoms with Crippen molar-refractivity contribution in [1.82, 2.24) is 10.2 Å². The van der Waals surface area contributed by atoms with Crippen molar-refractivity contribution in [3.8, 4) is 0 Å². The number of carbonyl (C=O) groups excluding carboxylic acids is 2. The summed E-state index contributed by atoms with van der Waals surface area (Å²) in [5.74, 6) is -1.18. The molecule has 0 rings (SSSR count). The maximum Gasteiger partial charge on any atom is 0.332 e. The second-order valence-electron chi connectivity index (χ2n) is 3.68. The van der Waals surface area contributed by atoms with Crippen LogP contribution in [0.5, 0.6) is 0 Å². The van der Waals surface area contributed by atoms with E-state index < -0.39 is 17.9 Å². The average molecular weight is 231 g/mol. The van der Waals surface area contributed by atoms with Crippen LogP contribution in [0.1, 0.15) is 13.3 Å². The van der Waals surface area contributed by atoms with Gasteiger partial charge in [-0.05, 0) is 34.0 Å². The second-order valence-corrected chi connectivity index (χ2v) is 3.68. The lowest BCUT2D eigenvalue weighted by Gasteiger charge is -2.12.